The monoisotopic (exact) mass is 258 g/mol. The largest absolute Gasteiger partial charge is 0.341 e. The molecule has 0 saturated carbocycles. The molecule has 1 saturated heterocycles. The lowest BCUT2D eigenvalue weighted by atomic mass is 10.2. The predicted molar refractivity (Wildman–Crippen MR) is 79.6 cm³/mol. The van der Waals surface area contributed by atoms with Gasteiger partial charge in [0.05, 0.1) is 11.0 Å². The van der Waals surface area contributed by atoms with Crippen LogP contribution in [0.1, 0.15) is 26.2 Å². The van der Waals surface area contributed by atoms with E-state index in [-0.39, 0.29) is 0 Å². The van der Waals surface area contributed by atoms with Gasteiger partial charge in [0.15, 0.2) is 0 Å². The Labute approximate surface area is 114 Å². The average Bonchev–Trinajstić information content (AvgIpc) is 3.06. The van der Waals surface area contributed by atoms with Gasteiger partial charge in [0.1, 0.15) is 0 Å². The van der Waals surface area contributed by atoms with E-state index < -0.39 is 0 Å². The van der Waals surface area contributed by atoms with Gasteiger partial charge in [-0.1, -0.05) is 19.1 Å². The van der Waals surface area contributed by atoms with Gasteiger partial charge in [0.2, 0.25) is 5.95 Å². The molecule has 2 heterocycles. The summed E-state index contributed by atoms with van der Waals surface area (Å²) in [6.07, 6.45) is 3.72. The highest BCUT2D eigenvalue weighted by molar-refractivity contribution is 5.77. The summed E-state index contributed by atoms with van der Waals surface area (Å²) < 4.78 is 0. The number of nitrogens with zero attached hydrogens (tertiary/aromatic N) is 2. The summed E-state index contributed by atoms with van der Waals surface area (Å²) in [4.78, 5) is 10.5. The molecule has 0 aliphatic carbocycles. The van der Waals surface area contributed by atoms with Crippen molar-refractivity contribution in [2.24, 2.45) is 0 Å². The van der Waals surface area contributed by atoms with Crippen LogP contribution in [0.15, 0.2) is 24.3 Å². The van der Waals surface area contributed by atoms with E-state index in [1.807, 2.05) is 12.1 Å². The Morgan fingerprint density at radius 3 is 3.00 bits per heavy atom. The molecule has 102 valence electrons. The molecule has 19 heavy (non-hydrogen) atoms. The molecule has 2 aromatic rings. The first-order valence-corrected chi connectivity index (χ1v) is 7.30. The number of anilines is 1. The van der Waals surface area contributed by atoms with Crippen LogP contribution in [0.3, 0.4) is 0 Å². The number of imidazole rings is 1. The first kappa shape index (κ1) is 12.5. The van der Waals surface area contributed by atoms with E-state index in [0.717, 1.165) is 43.0 Å². The molecule has 1 atom stereocenters. The van der Waals surface area contributed by atoms with E-state index in [4.69, 9.17) is 4.98 Å². The van der Waals surface area contributed by atoms with E-state index >= 15 is 0 Å². The number of para-hydroxylation sites is 2. The quantitative estimate of drug-likeness (QED) is 0.866. The van der Waals surface area contributed by atoms with Gasteiger partial charge in [0.25, 0.3) is 0 Å². The van der Waals surface area contributed by atoms with Crippen molar-refractivity contribution in [3.05, 3.63) is 24.3 Å². The zero-order valence-electron chi connectivity index (χ0n) is 11.5. The topological polar surface area (TPSA) is 44.0 Å². The van der Waals surface area contributed by atoms with E-state index in [0.29, 0.717) is 6.04 Å². The fourth-order valence-corrected chi connectivity index (χ4v) is 2.82. The second-order valence-corrected chi connectivity index (χ2v) is 5.32. The highest BCUT2D eigenvalue weighted by Gasteiger charge is 2.19. The van der Waals surface area contributed by atoms with Gasteiger partial charge in [-0.2, -0.15) is 0 Å². The van der Waals surface area contributed by atoms with Crippen molar-refractivity contribution in [2.75, 3.05) is 24.5 Å². The first-order chi connectivity index (χ1) is 9.36. The van der Waals surface area contributed by atoms with Gasteiger partial charge in [-0.3, -0.25) is 0 Å². The molecular weight excluding hydrogens is 236 g/mol. The molecule has 3 rings (SSSR count). The lowest BCUT2D eigenvalue weighted by molar-refractivity contribution is 0.573. The van der Waals surface area contributed by atoms with Crippen LogP contribution in [0, 0.1) is 0 Å². The van der Waals surface area contributed by atoms with Crippen LogP contribution in [0.5, 0.6) is 0 Å². The Morgan fingerprint density at radius 1 is 1.37 bits per heavy atom. The molecule has 2 N–H and O–H groups in total. The van der Waals surface area contributed by atoms with E-state index in [9.17, 15) is 0 Å². The number of fused-ring (bicyclic) bond motifs is 1. The van der Waals surface area contributed by atoms with Crippen molar-refractivity contribution in [3.8, 4) is 0 Å². The molecule has 4 heteroatoms. The molecule has 0 bridgehead atoms. The van der Waals surface area contributed by atoms with E-state index in [2.05, 4.69) is 34.3 Å². The Morgan fingerprint density at radius 2 is 2.26 bits per heavy atom. The number of aromatic amines is 1. The van der Waals surface area contributed by atoms with Gasteiger partial charge in [-0.25, -0.2) is 4.98 Å². The maximum atomic E-state index is 4.72. The van der Waals surface area contributed by atoms with E-state index in [1.54, 1.807) is 0 Å². The zero-order chi connectivity index (χ0) is 13.1. The molecule has 0 radical (unpaired) electrons. The normalized spacial score (nSPS) is 19.1. The Bertz CT molecular complexity index is 495. The summed E-state index contributed by atoms with van der Waals surface area (Å²) in [5.74, 6) is 1.01. The summed E-state index contributed by atoms with van der Waals surface area (Å²) in [5.41, 5.74) is 2.18. The van der Waals surface area contributed by atoms with Gasteiger partial charge in [-0.15, -0.1) is 0 Å². The van der Waals surface area contributed by atoms with Crippen LogP contribution in [0.4, 0.5) is 5.95 Å². The molecule has 1 fully saturated rings. The van der Waals surface area contributed by atoms with Crippen molar-refractivity contribution in [1.29, 1.82) is 0 Å². The van der Waals surface area contributed by atoms with Crippen LogP contribution in [-0.4, -0.2) is 35.6 Å². The second-order valence-electron chi connectivity index (χ2n) is 5.32. The smallest absolute Gasteiger partial charge is 0.203 e. The van der Waals surface area contributed by atoms with Gasteiger partial charge in [-0.05, 0) is 37.9 Å². The Kier molecular flexibility index (Phi) is 3.69. The standard InChI is InChI=1S/C15H22N4/c1-2-10-19(11-12-6-5-9-16-12)15-17-13-7-3-4-8-14(13)18-15/h3-4,7-8,12,16H,2,5-6,9-11H2,1H3,(H,17,18). The third-order valence-corrected chi connectivity index (χ3v) is 3.77. The molecule has 1 aromatic carbocycles. The number of aromatic nitrogens is 2. The molecule has 1 aromatic heterocycles. The first-order valence-electron chi connectivity index (χ1n) is 7.30. The lowest BCUT2D eigenvalue weighted by Crippen LogP contribution is -2.38. The fraction of sp³-hybridized carbons (Fsp3) is 0.533. The van der Waals surface area contributed by atoms with Crippen LogP contribution in [0.25, 0.3) is 11.0 Å². The molecule has 1 unspecified atom stereocenters. The number of hydrogen-bond donors (Lipinski definition) is 2. The average molecular weight is 258 g/mol. The number of nitrogens with one attached hydrogen (secondary N) is 2. The van der Waals surface area contributed by atoms with Crippen LogP contribution in [0.2, 0.25) is 0 Å². The molecule has 0 spiro atoms. The maximum Gasteiger partial charge on any atom is 0.203 e. The van der Waals surface area contributed by atoms with Crippen LogP contribution in [-0.2, 0) is 0 Å². The number of H-pyrrole nitrogens is 1. The fourth-order valence-electron chi connectivity index (χ4n) is 2.82. The van der Waals surface area contributed by atoms with E-state index in [1.165, 1.54) is 12.8 Å². The van der Waals surface area contributed by atoms with Gasteiger partial charge < -0.3 is 15.2 Å². The molecule has 4 nitrogen and oxygen atoms in total. The molecule has 1 aliphatic heterocycles. The molecule has 0 amide bonds. The van der Waals surface area contributed by atoms with Crippen molar-refractivity contribution < 1.29 is 0 Å². The summed E-state index contributed by atoms with van der Waals surface area (Å²) in [7, 11) is 0. The second kappa shape index (κ2) is 5.61. The minimum absolute atomic E-state index is 0.611. The number of rotatable bonds is 5. The zero-order valence-corrected chi connectivity index (χ0v) is 11.5. The van der Waals surface area contributed by atoms with Crippen molar-refractivity contribution in [2.45, 2.75) is 32.2 Å². The Balaban J connectivity index is 1.81. The van der Waals surface area contributed by atoms with Crippen molar-refractivity contribution in [1.82, 2.24) is 15.3 Å². The summed E-state index contributed by atoms with van der Waals surface area (Å²) >= 11 is 0. The minimum Gasteiger partial charge on any atom is -0.341 e. The third kappa shape index (κ3) is 2.73. The van der Waals surface area contributed by atoms with Crippen molar-refractivity contribution >= 4 is 17.0 Å². The highest BCUT2D eigenvalue weighted by atomic mass is 15.3. The number of hydrogen-bond acceptors (Lipinski definition) is 3. The Hall–Kier alpha value is -1.55. The summed E-state index contributed by atoms with van der Waals surface area (Å²) in [5, 5.41) is 3.57. The van der Waals surface area contributed by atoms with Crippen LogP contribution < -0.4 is 10.2 Å². The SMILES string of the molecule is CCCN(CC1CCCN1)c1nc2ccccc2[nH]1. The molecule has 1 aliphatic rings. The van der Waals surface area contributed by atoms with Gasteiger partial charge in [0, 0.05) is 19.1 Å². The lowest BCUT2D eigenvalue weighted by Gasteiger charge is -2.24. The van der Waals surface area contributed by atoms with Crippen molar-refractivity contribution in [3.63, 3.8) is 0 Å². The maximum absolute atomic E-state index is 4.72. The summed E-state index contributed by atoms with van der Waals surface area (Å²) in [6.45, 7) is 5.48. The molecular formula is C15H22N4. The minimum atomic E-state index is 0.611. The van der Waals surface area contributed by atoms with Gasteiger partial charge >= 0.3 is 0 Å². The number of benzene rings is 1. The predicted octanol–water partition coefficient (Wildman–Crippen LogP) is 2.53. The highest BCUT2D eigenvalue weighted by Crippen LogP contribution is 2.18. The van der Waals surface area contributed by atoms with Crippen LogP contribution >= 0.6 is 0 Å². The summed E-state index contributed by atoms with van der Waals surface area (Å²) in [6, 6.07) is 8.85. The third-order valence-electron chi connectivity index (χ3n) is 3.77.